The minimum atomic E-state index is 0.858. The third kappa shape index (κ3) is 2.04. The van der Waals surface area contributed by atoms with Crippen molar-refractivity contribution in [3.05, 3.63) is 0 Å². The molecule has 2 heteroatoms. The number of hydrogen-bond donors (Lipinski definition) is 1. The van der Waals surface area contributed by atoms with Gasteiger partial charge in [0.25, 0.3) is 0 Å². The van der Waals surface area contributed by atoms with E-state index in [-0.39, 0.29) is 0 Å². The SMILES string of the molecule is C1CC(NC(C2CC2)C2CC2)CS1. The van der Waals surface area contributed by atoms with Gasteiger partial charge >= 0.3 is 0 Å². The van der Waals surface area contributed by atoms with Crippen LogP contribution in [0.3, 0.4) is 0 Å². The van der Waals surface area contributed by atoms with Gasteiger partial charge in [0.05, 0.1) is 0 Å². The predicted octanol–water partition coefficient (Wildman–Crippen LogP) is 2.27. The first-order valence-corrected chi connectivity index (χ1v) is 6.93. The Morgan fingerprint density at radius 3 is 2.15 bits per heavy atom. The van der Waals surface area contributed by atoms with E-state index in [0.717, 1.165) is 23.9 Å². The van der Waals surface area contributed by atoms with Crippen LogP contribution in [0, 0.1) is 11.8 Å². The van der Waals surface area contributed by atoms with Crippen LogP contribution in [0.15, 0.2) is 0 Å². The maximum atomic E-state index is 3.92. The molecule has 3 rings (SSSR count). The van der Waals surface area contributed by atoms with Gasteiger partial charge in [0.15, 0.2) is 0 Å². The fourth-order valence-electron chi connectivity index (χ4n) is 2.51. The first kappa shape index (κ1) is 8.60. The van der Waals surface area contributed by atoms with Gasteiger partial charge in [-0.15, -0.1) is 0 Å². The Morgan fingerprint density at radius 1 is 1.00 bits per heavy atom. The highest BCUT2D eigenvalue weighted by atomic mass is 32.2. The average Bonchev–Trinajstić information content (AvgIpc) is 3.04. The van der Waals surface area contributed by atoms with Crippen molar-refractivity contribution < 1.29 is 0 Å². The molecule has 2 aliphatic carbocycles. The molecule has 1 heterocycles. The predicted molar refractivity (Wildman–Crippen MR) is 58.1 cm³/mol. The lowest BCUT2D eigenvalue weighted by atomic mass is 10.1. The molecule has 0 bridgehead atoms. The van der Waals surface area contributed by atoms with Crippen molar-refractivity contribution in [2.24, 2.45) is 11.8 Å². The van der Waals surface area contributed by atoms with Crippen molar-refractivity contribution in [2.45, 2.75) is 44.2 Å². The van der Waals surface area contributed by atoms with Crippen molar-refractivity contribution in [1.29, 1.82) is 0 Å². The van der Waals surface area contributed by atoms with Gasteiger partial charge in [-0.1, -0.05) is 0 Å². The lowest BCUT2D eigenvalue weighted by molar-refractivity contribution is 0.376. The Balaban J connectivity index is 1.54. The Labute approximate surface area is 85.0 Å². The maximum absolute atomic E-state index is 3.92. The molecule has 1 N–H and O–H groups in total. The third-order valence-corrected chi connectivity index (χ3v) is 4.78. The highest BCUT2D eigenvalue weighted by molar-refractivity contribution is 7.99. The summed E-state index contributed by atoms with van der Waals surface area (Å²) in [5.41, 5.74) is 0. The number of rotatable bonds is 4. The second kappa shape index (κ2) is 3.47. The minimum Gasteiger partial charge on any atom is -0.310 e. The highest BCUT2D eigenvalue weighted by Gasteiger charge is 2.42. The van der Waals surface area contributed by atoms with Gasteiger partial charge in [0.2, 0.25) is 0 Å². The molecular weight excluding hydrogens is 178 g/mol. The Hall–Kier alpha value is 0.310. The second-order valence-electron chi connectivity index (χ2n) is 4.93. The molecular formula is C11H19NS. The van der Waals surface area contributed by atoms with Gasteiger partial charge in [0, 0.05) is 17.8 Å². The molecule has 74 valence electrons. The minimum absolute atomic E-state index is 0.858. The lowest BCUT2D eigenvalue weighted by Gasteiger charge is -2.22. The van der Waals surface area contributed by atoms with Gasteiger partial charge in [0.1, 0.15) is 0 Å². The summed E-state index contributed by atoms with van der Waals surface area (Å²) in [6.45, 7) is 0. The zero-order chi connectivity index (χ0) is 8.67. The molecule has 0 aromatic carbocycles. The van der Waals surface area contributed by atoms with E-state index in [2.05, 4.69) is 17.1 Å². The molecule has 3 aliphatic rings. The van der Waals surface area contributed by atoms with Gasteiger partial charge < -0.3 is 5.32 Å². The fraction of sp³-hybridized carbons (Fsp3) is 1.00. The largest absolute Gasteiger partial charge is 0.310 e. The zero-order valence-electron chi connectivity index (χ0n) is 8.17. The van der Waals surface area contributed by atoms with Crippen LogP contribution in [-0.2, 0) is 0 Å². The molecule has 2 saturated carbocycles. The van der Waals surface area contributed by atoms with E-state index in [1.54, 1.807) is 0 Å². The van der Waals surface area contributed by atoms with Crippen LogP contribution in [0.2, 0.25) is 0 Å². The molecule has 1 atom stereocenters. The van der Waals surface area contributed by atoms with E-state index in [9.17, 15) is 0 Å². The van der Waals surface area contributed by atoms with Gasteiger partial charge in [-0.05, 0) is 49.7 Å². The number of nitrogens with one attached hydrogen (secondary N) is 1. The quantitative estimate of drug-likeness (QED) is 0.742. The van der Waals surface area contributed by atoms with Crippen LogP contribution >= 0.6 is 11.8 Å². The first-order valence-electron chi connectivity index (χ1n) is 5.77. The lowest BCUT2D eigenvalue weighted by Crippen LogP contribution is -2.41. The molecule has 0 aromatic rings. The zero-order valence-corrected chi connectivity index (χ0v) is 8.98. The summed E-state index contributed by atoms with van der Waals surface area (Å²) >= 11 is 2.13. The summed E-state index contributed by atoms with van der Waals surface area (Å²) in [6, 6.07) is 1.78. The van der Waals surface area contributed by atoms with Crippen LogP contribution in [0.25, 0.3) is 0 Å². The van der Waals surface area contributed by atoms with Crippen molar-refractivity contribution in [3.63, 3.8) is 0 Å². The summed E-state index contributed by atoms with van der Waals surface area (Å²) in [4.78, 5) is 0. The molecule has 0 radical (unpaired) electrons. The molecule has 1 saturated heterocycles. The van der Waals surface area contributed by atoms with Crippen molar-refractivity contribution >= 4 is 11.8 Å². The highest BCUT2D eigenvalue weighted by Crippen LogP contribution is 2.45. The molecule has 1 aliphatic heterocycles. The normalized spacial score (nSPS) is 34.4. The van der Waals surface area contributed by atoms with E-state index in [1.807, 2.05) is 0 Å². The number of hydrogen-bond acceptors (Lipinski definition) is 2. The van der Waals surface area contributed by atoms with E-state index in [0.29, 0.717) is 0 Å². The summed E-state index contributed by atoms with van der Waals surface area (Å²) in [6.07, 6.45) is 7.45. The molecule has 0 amide bonds. The molecule has 13 heavy (non-hydrogen) atoms. The molecule has 3 fully saturated rings. The van der Waals surface area contributed by atoms with Gasteiger partial charge in [-0.25, -0.2) is 0 Å². The third-order valence-electron chi connectivity index (χ3n) is 3.62. The van der Waals surface area contributed by atoms with Crippen LogP contribution < -0.4 is 5.32 Å². The van der Waals surface area contributed by atoms with Crippen LogP contribution in [0.5, 0.6) is 0 Å². The van der Waals surface area contributed by atoms with E-state index >= 15 is 0 Å². The van der Waals surface area contributed by atoms with Crippen LogP contribution in [-0.4, -0.2) is 23.6 Å². The molecule has 0 spiro atoms. The van der Waals surface area contributed by atoms with Crippen LogP contribution in [0.1, 0.15) is 32.1 Å². The number of thioether (sulfide) groups is 1. The Morgan fingerprint density at radius 2 is 1.69 bits per heavy atom. The van der Waals surface area contributed by atoms with E-state index in [1.165, 1.54) is 43.6 Å². The monoisotopic (exact) mass is 197 g/mol. The van der Waals surface area contributed by atoms with E-state index in [4.69, 9.17) is 0 Å². The molecule has 1 unspecified atom stereocenters. The van der Waals surface area contributed by atoms with Crippen molar-refractivity contribution in [1.82, 2.24) is 5.32 Å². The van der Waals surface area contributed by atoms with Crippen molar-refractivity contribution in [3.8, 4) is 0 Å². The molecule has 1 nitrogen and oxygen atoms in total. The fourth-order valence-corrected chi connectivity index (χ4v) is 3.67. The average molecular weight is 197 g/mol. The van der Waals surface area contributed by atoms with Gasteiger partial charge in [-0.3, -0.25) is 0 Å². The van der Waals surface area contributed by atoms with Crippen LogP contribution in [0.4, 0.5) is 0 Å². The van der Waals surface area contributed by atoms with Crippen molar-refractivity contribution in [2.75, 3.05) is 11.5 Å². The smallest absolute Gasteiger partial charge is 0.0168 e. The Kier molecular flexibility index (Phi) is 2.30. The Bertz CT molecular complexity index is 169. The second-order valence-corrected chi connectivity index (χ2v) is 6.08. The summed E-state index contributed by atoms with van der Waals surface area (Å²) in [5, 5.41) is 3.92. The van der Waals surface area contributed by atoms with E-state index < -0.39 is 0 Å². The summed E-state index contributed by atoms with van der Waals surface area (Å²) in [5.74, 6) is 4.89. The summed E-state index contributed by atoms with van der Waals surface area (Å²) < 4.78 is 0. The first-order chi connectivity index (χ1) is 6.43. The maximum Gasteiger partial charge on any atom is 0.0168 e. The van der Waals surface area contributed by atoms with Gasteiger partial charge in [-0.2, -0.15) is 11.8 Å². The summed E-state index contributed by atoms with van der Waals surface area (Å²) in [7, 11) is 0. The molecule has 0 aromatic heterocycles. The standard InChI is InChI=1S/C11H19NS/c1-2-8(1)11(9-3-4-9)12-10-5-6-13-7-10/h8-12H,1-7H2. The topological polar surface area (TPSA) is 12.0 Å².